The van der Waals surface area contributed by atoms with Crippen molar-refractivity contribution in [3.63, 3.8) is 0 Å². The normalized spacial score (nSPS) is 13.1. The molecule has 0 aliphatic rings. The molecule has 1 unspecified atom stereocenters. The van der Waals surface area contributed by atoms with Crippen LogP contribution in [0.2, 0.25) is 0 Å². The van der Waals surface area contributed by atoms with Crippen LogP contribution in [0.5, 0.6) is 0 Å². The average molecular weight is 1090 g/mol. The quantitative estimate of drug-likeness (QED) is 0.0261. The van der Waals surface area contributed by atoms with Crippen molar-refractivity contribution in [3.8, 4) is 0 Å². The van der Waals surface area contributed by atoms with Crippen molar-refractivity contribution in [2.24, 2.45) is 0 Å². The average Bonchev–Trinajstić information content (AvgIpc) is 3.45. The van der Waals surface area contributed by atoms with Crippen molar-refractivity contribution >= 4 is 17.9 Å². The molecule has 6 nitrogen and oxygen atoms in total. The fraction of sp³-hybridized carbons (Fsp3) is 0.630. The van der Waals surface area contributed by atoms with E-state index in [0.29, 0.717) is 19.3 Å². The second-order valence-electron chi connectivity index (χ2n) is 20.9. The lowest BCUT2D eigenvalue weighted by Crippen LogP contribution is -2.30. The zero-order valence-electron chi connectivity index (χ0n) is 51.1. The Hall–Kier alpha value is -4.71. The molecule has 0 aromatic heterocycles. The molecule has 0 saturated heterocycles. The maximum Gasteiger partial charge on any atom is 0.306 e. The van der Waals surface area contributed by atoms with Crippen molar-refractivity contribution in [2.75, 3.05) is 13.2 Å². The summed E-state index contributed by atoms with van der Waals surface area (Å²) in [4.78, 5) is 38.1. The van der Waals surface area contributed by atoms with Crippen LogP contribution in [0.1, 0.15) is 278 Å². The maximum absolute atomic E-state index is 12.8. The van der Waals surface area contributed by atoms with Gasteiger partial charge in [0.15, 0.2) is 6.10 Å². The van der Waals surface area contributed by atoms with E-state index in [1.54, 1.807) is 0 Å². The molecule has 0 aliphatic heterocycles. The number of carbonyl (C=O) groups is 3. The van der Waals surface area contributed by atoms with E-state index < -0.39 is 12.1 Å². The van der Waals surface area contributed by atoms with Gasteiger partial charge >= 0.3 is 17.9 Å². The number of unbranched alkanes of at least 4 members (excludes halogenated alkanes) is 22. The predicted octanol–water partition coefficient (Wildman–Crippen LogP) is 22.3. The van der Waals surface area contributed by atoms with Crippen molar-refractivity contribution < 1.29 is 28.6 Å². The number of rotatable bonds is 57. The van der Waals surface area contributed by atoms with Crippen LogP contribution < -0.4 is 0 Å². The largest absolute Gasteiger partial charge is 0.462 e. The highest BCUT2D eigenvalue weighted by molar-refractivity contribution is 5.71. The van der Waals surface area contributed by atoms with E-state index in [4.69, 9.17) is 14.2 Å². The SMILES string of the molecule is CC/C=C\C/C=C\C/C=C\C/C=C\C/C=C\CCCCCCCCCCCCCCCCCCCCCC(=O)OCC(COC(=O)CCCCC/C=C\C/C=C\C/C=C\CC)OC(=O)CC/C=C\C/C=C\C/C=C\C/C=C\CC. The Morgan fingerprint density at radius 1 is 0.253 bits per heavy atom. The van der Waals surface area contributed by atoms with E-state index in [-0.39, 0.29) is 31.6 Å². The summed E-state index contributed by atoms with van der Waals surface area (Å²) >= 11 is 0. The molecule has 0 spiro atoms. The zero-order valence-corrected chi connectivity index (χ0v) is 51.1. The Morgan fingerprint density at radius 2 is 0.481 bits per heavy atom. The van der Waals surface area contributed by atoms with E-state index in [0.717, 1.165) is 122 Å². The zero-order chi connectivity index (χ0) is 57.1. The second kappa shape index (κ2) is 65.8. The lowest BCUT2D eigenvalue weighted by atomic mass is 10.0. The van der Waals surface area contributed by atoms with Crippen molar-refractivity contribution in [1.82, 2.24) is 0 Å². The highest BCUT2D eigenvalue weighted by Gasteiger charge is 2.19. The summed E-state index contributed by atoms with van der Waals surface area (Å²) in [5.74, 6) is -1.03. The van der Waals surface area contributed by atoms with E-state index in [2.05, 4.69) is 154 Å². The Labute approximate surface area is 487 Å². The minimum absolute atomic E-state index is 0.118. The number of esters is 3. The molecule has 0 bridgehead atoms. The number of hydrogen-bond acceptors (Lipinski definition) is 6. The maximum atomic E-state index is 12.8. The smallest absolute Gasteiger partial charge is 0.306 e. The molecular weight excluding hydrogens is 973 g/mol. The molecule has 0 rings (SSSR count). The number of hydrogen-bond donors (Lipinski definition) is 0. The summed E-state index contributed by atoms with van der Waals surface area (Å²) in [6.07, 6.45) is 94.8. The van der Waals surface area contributed by atoms with Crippen LogP contribution in [-0.4, -0.2) is 37.2 Å². The molecule has 0 fully saturated rings. The Kier molecular flexibility index (Phi) is 61.9. The summed E-state index contributed by atoms with van der Waals surface area (Å²) in [5.41, 5.74) is 0. The predicted molar refractivity (Wildman–Crippen MR) is 343 cm³/mol. The van der Waals surface area contributed by atoms with Gasteiger partial charge in [0.1, 0.15) is 13.2 Å². The van der Waals surface area contributed by atoms with Gasteiger partial charge in [0.05, 0.1) is 0 Å². The van der Waals surface area contributed by atoms with Gasteiger partial charge in [-0.25, -0.2) is 0 Å². The van der Waals surface area contributed by atoms with Crippen LogP contribution in [0.4, 0.5) is 0 Å². The van der Waals surface area contributed by atoms with E-state index in [9.17, 15) is 14.4 Å². The van der Waals surface area contributed by atoms with Crippen molar-refractivity contribution in [1.29, 1.82) is 0 Å². The van der Waals surface area contributed by atoms with Gasteiger partial charge in [-0.3, -0.25) is 14.4 Å². The van der Waals surface area contributed by atoms with Crippen LogP contribution in [0, 0.1) is 0 Å². The Bertz CT molecular complexity index is 1730. The van der Waals surface area contributed by atoms with Crippen LogP contribution in [0.15, 0.2) is 146 Å². The summed E-state index contributed by atoms with van der Waals surface area (Å²) in [6, 6.07) is 0. The summed E-state index contributed by atoms with van der Waals surface area (Å²) in [5, 5.41) is 0. The molecule has 79 heavy (non-hydrogen) atoms. The first-order valence-electron chi connectivity index (χ1n) is 32.3. The minimum atomic E-state index is -0.831. The highest BCUT2D eigenvalue weighted by Crippen LogP contribution is 2.16. The number of carbonyl (C=O) groups excluding carboxylic acids is 3. The van der Waals surface area contributed by atoms with Gasteiger partial charge in [0.2, 0.25) is 0 Å². The van der Waals surface area contributed by atoms with Crippen LogP contribution in [-0.2, 0) is 28.6 Å². The Balaban J connectivity index is 4.15. The summed E-state index contributed by atoms with van der Waals surface area (Å²) < 4.78 is 16.8. The van der Waals surface area contributed by atoms with Gasteiger partial charge in [0, 0.05) is 19.3 Å². The van der Waals surface area contributed by atoms with Gasteiger partial charge in [0.25, 0.3) is 0 Å². The summed E-state index contributed by atoms with van der Waals surface area (Å²) in [7, 11) is 0. The molecule has 0 amide bonds. The standard InChI is InChI=1S/C73H118O6/c1-4-7-10-13-16-19-22-25-26-27-28-29-30-31-32-33-34-35-36-37-38-39-40-41-42-43-44-45-46-49-51-54-57-60-63-66-72(75)78-69-70(79-73(76)67-64-61-58-55-52-48-24-21-18-15-12-9-6-3)68-77-71(74)65-62-59-56-53-50-47-23-20-17-14-11-8-5-2/h7-12,16-21,25-26,28-29,31-32,47-48,50,52,58,61,70H,4-6,13-15,22-24,27,30,33-46,49,51,53-57,59-60,62-69H2,1-3H3/b10-7-,11-8-,12-9-,19-16-,20-17-,21-18-,26-25-,29-28-,32-31-,50-47-,52-48-,61-58-. The molecular formula is C73H118O6. The van der Waals surface area contributed by atoms with Crippen LogP contribution in [0.3, 0.4) is 0 Å². The van der Waals surface area contributed by atoms with E-state index in [1.165, 1.54) is 109 Å². The lowest BCUT2D eigenvalue weighted by Gasteiger charge is -2.18. The molecule has 0 saturated carbocycles. The first-order chi connectivity index (χ1) is 39.0. The summed E-state index contributed by atoms with van der Waals surface area (Å²) in [6.45, 7) is 6.21. The van der Waals surface area contributed by atoms with Gasteiger partial charge in [-0.2, -0.15) is 0 Å². The van der Waals surface area contributed by atoms with Crippen LogP contribution in [0.25, 0.3) is 0 Å². The first kappa shape index (κ1) is 74.3. The molecule has 6 heteroatoms. The molecule has 0 aromatic rings. The highest BCUT2D eigenvalue weighted by atomic mass is 16.6. The third kappa shape index (κ3) is 64.0. The Morgan fingerprint density at radius 3 is 0.772 bits per heavy atom. The number of allylic oxidation sites excluding steroid dienone is 24. The molecule has 0 radical (unpaired) electrons. The molecule has 0 heterocycles. The molecule has 0 N–H and O–H groups in total. The third-order valence-electron chi connectivity index (χ3n) is 13.3. The molecule has 0 aromatic carbocycles. The van der Waals surface area contributed by atoms with Gasteiger partial charge in [-0.05, 0) is 122 Å². The minimum Gasteiger partial charge on any atom is -0.462 e. The molecule has 446 valence electrons. The van der Waals surface area contributed by atoms with Crippen molar-refractivity contribution in [3.05, 3.63) is 146 Å². The van der Waals surface area contributed by atoms with E-state index in [1.807, 2.05) is 12.2 Å². The van der Waals surface area contributed by atoms with Gasteiger partial charge < -0.3 is 14.2 Å². The lowest BCUT2D eigenvalue weighted by molar-refractivity contribution is -0.166. The first-order valence-corrected chi connectivity index (χ1v) is 32.3. The van der Waals surface area contributed by atoms with E-state index >= 15 is 0 Å². The topological polar surface area (TPSA) is 78.9 Å². The number of ether oxygens (including phenoxy) is 3. The van der Waals surface area contributed by atoms with Crippen molar-refractivity contribution in [2.45, 2.75) is 284 Å². The third-order valence-corrected chi connectivity index (χ3v) is 13.3. The van der Waals surface area contributed by atoms with Gasteiger partial charge in [-0.1, -0.05) is 282 Å². The molecule has 1 atom stereocenters. The van der Waals surface area contributed by atoms with Crippen LogP contribution >= 0.6 is 0 Å². The fourth-order valence-corrected chi connectivity index (χ4v) is 8.62. The second-order valence-corrected chi connectivity index (χ2v) is 20.9. The fourth-order valence-electron chi connectivity index (χ4n) is 8.62. The molecule has 0 aliphatic carbocycles. The monoisotopic (exact) mass is 1090 g/mol. The van der Waals surface area contributed by atoms with Gasteiger partial charge in [-0.15, -0.1) is 0 Å².